The zero-order valence-corrected chi connectivity index (χ0v) is 13.0. The van der Waals surface area contributed by atoms with E-state index in [9.17, 15) is 4.79 Å². The highest BCUT2D eigenvalue weighted by atomic mass is 16.6. The third-order valence-electron chi connectivity index (χ3n) is 3.52. The van der Waals surface area contributed by atoms with Crippen LogP contribution in [0.25, 0.3) is 0 Å². The van der Waals surface area contributed by atoms with Crippen LogP contribution < -0.4 is 0 Å². The number of esters is 1. The van der Waals surface area contributed by atoms with Gasteiger partial charge in [-0.05, 0) is 59.5 Å². The highest BCUT2D eigenvalue weighted by molar-refractivity contribution is 5.89. The van der Waals surface area contributed by atoms with Crippen LogP contribution in [0.15, 0.2) is 34.4 Å². The van der Waals surface area contributed by atoms with Crippen molar-refractivity contribution in [3.8, 4) is 0 Å². The van der Waals surface area contributed by atoms with E-state index in [2.05, 4.69) is 25.5 Å². The first kappa shape index (κ1) is 15.7. The largest absolute Gasteiger partial charge is 0.452 e. The van der Waals surface area contributed by atoms with Gasteiger partial charge in [0.1, 0.15) is 5.60 Å². The molecule has 0 saturated heterocycles. The first-order chi connectivity index (χ1) is 8.77. The van der Waals surface area contributed by atoms with E-state index in [-0.39, 0.29) is 5.97 Å². The summed E-state index contributed by atoms with van der Waals surface area (Å²) in [6, 6.07) is 0. The second-order valence-electron chi connectivity index (χ2n) is 5.74. The second-order valence-corrected chi connectivity index (χ2v) is 5.74. The van der Waals surface area contributed by atoms with Gasteiger partial charge in [-0.1, -0.05) is 30.2 Å². The Bertz CT molecular complexity index is 444. The summed E-state index contributed by atoms with van der Waals surface area (Å²) in [6.45, 7) is 11.9. The van der Waals surface area contributed by atoms with Crippen LogP contribution in [0.3, 0.4) is 0 Å². The van der Waals surface area contributed by atoms with Crippen LogP contribution in [0.5, 0.6) is 0 Å². The maximum Gasteiger partial charge on any atom is 0.334 e. The van der Waals surface area contributed by atoms with Gasteiger partial charge >= 0.3 is 5.97 Å². The third kappa shape index (κ3) is 4.09. The molecule has 1 aliphatic carbocycles. The minimum Gasteiger partial charge on any atom is -0.452 e. The van der Waals surface area contributed by atoms with Crippen LogP contribution in [0, 0.1) is 6.42 Å². The van der Waals surface area contributed by atoms with Crippen molar-refractivity contribution in [3.05, 3.63) is 40.9 Å². The minimum atomic E-state index is -0.555. The number of hydrogen-bond donors (Lipinski definition) is 0. The lowest BCUT2D eigenvalue weighted by molar-refractivity contribution is -0.148. The number of carbonyl (C=O) groups excluding carboxylic acids is 1. The fourth-order valence-electron chi connectivity index (χ4n) is 2.15. The number of carbonyl (C=O) groups is 1. The summed E-state index contributed by atoms with van der Waals surface area (Å²) in [6.07, 6.45) is 7.85. The van der Waals surface area contributed by atoms with Gasteiger partial charge in [-0.3, -0.25) is 0 Å². The quantitative estimate of drug-likeness (QED) is 0.549. The van der Waals surface area contributed by atoms with Gasteiger partial charge < -0.3 is 4.74 Å². The molecule has 0 heterocycles. The Kier molecular flexibility index (Phi) is 5.16. The first-order valence-corrected chi connectivity index (χ1v) is 6.88. The molecule has 0 aromatic heterocycles. The van der Waals surface area contributed by atoms with Crippen LogP contribution in [-0.4, -0.2) is 11.6 Å². The SMILES string of the molecule is CCC(C(=O)OC(C)(C)C1=CC=C(C)[CH]C1)=C(C)C. The summed E-state index contributed by atoms with van der Waals surface area (Å²) < 4.78 is 5.71. The molecule has 0 amide bonds. The molecule has 0 fully saturated rings. The summed E-state index contributed by atoms with van der Waals surface area (Å²) >= 11 is 0. The van der Waals surface area contributed by atoms with Crippen molar-refractivity contribution >= 4 is 5.97 Å². The molecule has 0 aromatic carbocycles. The highest BCUT2D eigenvalue weighted by Gasteiger charge is 2.29. The molecule has 1 aliphatic rings. The lowest BCUT2D eigenvalue weighted by atomic mass is 9.88. The Hall–Kier alpha value is -1.31. The third-order valence-corrected chi connectivity index (χ3v) is 3.52. The molecule has 0 atom stereocenters. The van der Waals surface area contributed by atoms with Gasteiger partial charge in [0, 0.05) is 5.57 Å². The maximum absolute atomic E-state index is 12.2. The summed E-state index contributed by atoms with van der Waals surface area (Å²) in [5, 5.41) is 0. The fraction of sp³-hybridized carbons (Fsp3) is 0.529. The molecule has 0 bridgehead atoms. The van der Waals surface area contributed by atoms with Gasteiger partial charge in [0.15, 0.2) is 0 Å². The molecule has 2 nitrogen and oxygen atoms in total. The number of allylic oxidation sites excluding steroid dienone is 4. The smallest absolute Gasteiger partial charge is 0.334 e. The second kappa shape index (κ2) is 6.23. The van der Waals surface area contributed by atoms with Crippen molar-refractivity contribution in [1.82, 2.24) is 0 Å². The van der Waals surface area contributed by atoms with Crippen LogP contribution >= 0.6 is 0 Å². The van der Waals surface area contributed by atoms with E-state index in [1.165, 1.54) is 5.57 Å². The lowest BCUT2D eigenvalue weighted by Gasteiger charge is -2.30. The molecule has 0 spiro atoms. The predicted molar refractivity (Wildman–Crippen MR) is 79.6 cm³/mol. The Balaban J connectivity index is 2.86. The standard InChI is InChI=1S/C17H25O2/c1-7-15(12(2)3)16(18)19-17(5,6)14-10-8-13(4)9-11-14/h8-10H,7,11H2,1-6H3. The molecule has 1 radical (unpaired) electrons. The molecule has 0 saturated carbocycles. The topological polar surface area (TPSA) is 26.3 Å². The van der Waals surface area contributed by atoms with Crippen molar-refractivity contribution in [1.29, 1.82) is 0 Å². The average molecular weight is 261 g/mol. The molecule has 0 aliphatic heterocycles. The van der Waals surface area contributed by atoms with E-state index in [0.29, 0.717) is 6.42 Å². The van der Waals surface area contributed by atoms with Gasteiger partial charge in [-0.15, -0.1) is 0 Å². The molecule has 0 N–H and O–H groups in total. The minimum absolute atomic E-state index is 0.195. The van der Waals surface area contributed by atoms with Gasteiger partial charge in [0.2, 0.25) is 0 Å². The van der Waals surface area contributed by atoms with Gasteiger partial charge in [-0.2, -0.15) is 0 Å². The van der Waals surface area contributed by atoms with Crippen molar-refractivity contribution in [2.75, 3.05) is 0 Å². The lowest BCUT2D eigenvalue weighted by Crippen LogP contribution is -2.32. The Morgan fingerprint density at radius 2 is 1.95 bits per heavy atom. The zero-order chi connectivity index (χ0) is 14.6. The van der Waals surface area contributed by atoms with Gasteiger partial charge in [0.05, 0.1) is 0 Å². The van der Waals surface area contributed by atoms with E-state index in [0.717, 1.165) is 23.1 Å². The molecule has 0 aromatic rings. The van der Waals surface area contributed by atoms with Crippen LogP contribution in [0.4, 0.5) is 0 Å². The summed E-state index contributed by atoms with van der Waals surface area (Å²) in [5.74, 6) is -0.195. The van der Waals surface area contributed by atoms with Crippen molar-refractivity contribution in [3.63, 3.8) is 0 Å². The van der Waals surface area contributed by atoms with Crippen LogP contribution in [0.1, 0.15) is 54.4 Å². The molecule has 0 unspecified atom stereocenters. The van der Waals surface area contributed by atoms with E-state index in [1.807, 2.05) is 34.6 Å². The molecule has 2 heteroatoms. The predicted octanol–water partition coefficient (Wildman–Crippen LogP) is 4.54. The monoisotopic (exact) mass is 261 g/mol. The van der Waals surface area contributed by atoms with Crippen LogP contribution in [0.2, 0.25) is 0 Å². The molecular weight excluding hydrogens is 236 g/mol. The number of hydrogen-bond acceptors (Lipinski definition) is 2. The fourth-order valence-corrected chi connectivity index (χ4v) is 2.15. The molecular formula is C17H25O2. The van der Waals surface area contributed by atoms with Gasteiger partial charge in [-0.25, -0.2) is 4.79 Å². The van der Waals surface area contributed by atoms with Crippen molar-refractivity contribution in [2.24, 2.45) is 0 Å². The van der Waals surface area contributed by atoms with Gasteiger partial charge in [0.25, 0.3) is 0 Å². The van der Waals surface area contributed by atoms with E-state index in [4.69, 9.17) is 4.74 Å². The number of rotatable bonds is 4. The maximum atomic E-state index is 12.2. The molecule has 105 valence electrons. The highest BCUT2D eigenvalue weighted by Crippen LogP contribution is 2.30. The summed E-state index contributed by atoms with van der Waals surface area (Å²) in [4.78, 5) is 12.2. The van der Waals surface area contributed by atoms with E-state index >= 15 is 0 Å². The van der Waals surface area contributed by atoms with Crippen LogP contribution in [-0.2, 0) is 9.53 Å². The summed E-state index contributed by atoms with van der Waals surface area (Å²) in [5.41, 5.74) is 3.64. The van der Waals surface area contributed by atoms with Crippen molar-refractivity contribution < 1.29 is 9.53 Å². The van der Waals surface area contributed by atoms with E-state index in [1.54, 1.807) is 0 Å². The zero-order valence-electron chi connectivity index (χ0n) is 13.0. The molecule has 19 heavy (non-hydrogen) atoms. The Labute approximate surface area is 117 Å². The molecule has 1 rings (SSSR count). The Morgan fingerprint density at radius 1 is 1.32 bits per heavy atom. The normalized spacial score (nSPS) is 15.5. The average Bonchev–Trinajstić information content (AvgIpc) is 2.29. The number of ether oxygens (including phenoxy) is 1. The summed E-state index contributed by atoms with van der Waals surface area (Å²) in [7, 11) is 0. The first-order valence-electron chi connectivity index (χ1n) is 6.88. The Morgan fingerprint density at radius 3 is 2.37 bits per heavy atom. The van der Waals surface area contributed by atoms with Crippen molar-refractivity contribution in [2.45, 2.75) is 60.0 Å². The van der Waals surface area contributed by atoms with E-state index < -0.39 is 5.60 Å².